The SMILES string of the molecule is C=CCO[C@@]12Oc3ccc(Oc4ccc(OC)c(C=O)c4)cc3[C@H]3[C@H](CCCCO)[C@@H](CCCCO)C=C(C(=NOCC)C[C@@H]1N(CCOCCO)C(=O)OCCCCCCCCCCCC)[C@H]32. The molecule has 2 aliphatic carbocycles. The van der Waals surface area contributed by atoms with Gasteiger partial charge in [0.05, 0.1) is 57.3 Å². The van der Waals surface area contributed by atoms with Crippen molar-refractivity contribution in [3.8, 4) is 23.0 Å². The maximum absolute atomic E-state index is 14.7. The third-order valence-corrected chi connectivity index (χ3v) is 13.6. The fraction of sp³-hybridized carbons (Fsp3) is 0.648. The topological polar surface area (TPSA) is 175 Å². The summed E-state index contributed by atoms with van der Waals surface area (Å²) in [5.41, 5.74) is 2.83. The Labute approximate surface area is 405 Å². The first-order valence-electron chi connectivity index (χ1n) is 25.5. The minimum absolute atomic E-state index is 0.00188. The van der Waals surface area contributed by atoms with Gasteiger partial charge in [-0.15, -0.1) is 6.58 Å². The number of carbonyl (C=O) groups excluding carboxylic acids is 2. The quantitative estimate of drug-likeness (QED) is 0.0262. The van der Waals surface area contributed by atoms with E-state index in [9.17, 15) is 24.9 Å². The van der Waals surface area contributed by atoms with Gasteiger partial charge in [-0.3, -0.25) is 9.69 Å². The van der Waals surface area contributed by atoms with Crippen LogP contribution in [0.3, 0.4) is 0 Å². The van der Waals surface area contributed by atoms with Gasteiger partial charge in [-0.05, 0) is 92.8 Å². The molecule has 0 aromatic heterocycles. The Morgan fingerprint density at radius 3 is 2.25 bits per heavy atom. The van der Waals surface area contributed by atoms with Crippen LogP contribution >= 0.6 is 0 Å². The molecular weight excluding hydrogens is 869 g/mol. The van der Waals surface area contributed by atoms with Crippen LogP contribution in [-0.2, 0) is 19.0 Å². The van der Waals surface area contributed by atoms with Crippen LogP contribution in [0.5, 0.6) is 23.0 Å². The minimum atomic E-state index is -1.49. The maximum Gasteiger partial charge on any atom is 0.410 e. The molecule has 2 aromatic carbocycles. The Morgan fingerprint density at radius 2 is 1.57 bits per heavy atom. The summed E-state index contributed by atoms with van der Waals surface area (Å²) in [5, 5.41) is 34.3. The molecule has 6 atom stereocenters. The molecular formula is C54H80N2O12. The van der Waals surface area contributed by atoms with E-state index in [4.69, 9.17) is 38.4 Å². The maximum atomic E-state index is 14.7. The number of carbonyl (C=O) groups is 2. The zero-order chi connectivity index (χ0) is 48.6. The summed E-state index contributed by atoms with van der Waals surface area (Å²) in [6.07, 6.45) is 20.4. The molecule has 0 radical (unpaired) electrons. The number of hydrogen-bond donors (Lipinski definition) is 3. The Hall–Kier alpha value is -4.47. The number of aldehydes is 1. The molecule has 0 saturated heterocycles. The number of methoxy groups -OCH3 is 1. The largest absolute Gasteiger partial charge is 0.496 e. The average Bonchev–Trinajstić information content (AvgIpc) is 3.35. The van der Waals surface area contributed by atoms with Gasteiger partial charge in [0, 0.05) is 37.7 Å². The number of nitrogens with zero attached hydrogens (tertiary/aromatic N) is 2. The van der Waals surface area contributed by atoms with E-state index < -0.39 is 23.8 Å². The highest BCUT2D eigenvalue weighted by atomic mass is 16.7. The molecule has 14 heteroatoms. The van der Waals surface area contributed by atoms with E-state index >= 15 is 0 Å². The molecule has 2 aromatic rings. The fourth-order valence-corrected chi connectivity index (χ4v) is 10.4. The summed E-state index contributed by atoms with van der Waals surface area (Å²) in [6, 6.07) is 10.0. The highest BCUT2D eigenvalue weighted by molar-refractivity contribution is 6.03. The Bertz CT molecular complexity index is 1900. The molecule has 0 unspecified atom stereocenters. The van der Waals surface area contributed by atoms with Crippen molar-refractivity contribution in [1.82, 2.24) is 4.90 Å². The van der Waals surface area contributed by atoms with E-state index in [0.717, 1.165) is 68.8 Å². The number of oxime groups is 1. The zero-order valence-electron chi connectivity index (χ0n) is 41.1. The van der Waals surface area contributed by atoms with Crippen molar-refractivity contribution in [3.05, 3.63) is 71.8 Å². The van der Waals surface area contributed by atoms with Gasteiger partial charge in [-0.1, -0.05) is 94.9 Å². The number of rotatable bonds is 34. The van der Waals surface area contributed by atoms with Crippen LogP contribution in [0.1, 0.15) is 145 Å². The standard InChI is InChI=1S/C54H80N2O12/c1-5-8-9-10-11-12-13-14-15-20-32-64-53(61)56(27-33-63-34-30-59)50-38-47(55-66-7-3)45-36-40(21-16-18-28-57)44(22-17-19-29-58)51-46-37-43(67-42-23-25-48(62-4)41(35-42)39-60)24-26-49(46)68-54(50,52(45)51)65-31-6-2/h6,23-26,35-37,39-40,44,50-52,57-59H,2,5,7-22,27-34,38H2,1,3-4H3/t40-,44+,50-,51+,52+,54+/m0/s1. The number of aliphatic hydroxyl groups excluding tert-OH is 3. The minimum Gasteiger partial charge on any atom is -0.496 e. The third-order valence-electron chi connectivity index (χ3n) is 13.6. The second-order valence-electron chi connectivity index (χ2n) is 18.1. The van der Waals surface area contributed by atoms with Gasteiger partial charge in [0.25, 0.3) is 0 Å². The molecule has 68 heavy (non-hydrogen) atoms. The van der Waals surface area contributed by atoms with E-state index in [0.29, 0.717) is 53.7 Å². The summed E-state index contributed by atoms with van der Waals surface area (Å²) in [7, 11) is 1.51. The Balaban J connectivity index is 1.61. The molecule has 1 saturated carbocycles. The highest BCUT2D eigenvalue weighted by Gasteiger charge is 2.65. The first-order chi connectivity index (χ1) is 33.3. The van der Waals surface area contributed by atoms with Crippen molar-refractivity contribution < 1.29 is 58.2 Å². The molecule has 1 amide bonds. The van der Waals surface area contributed by atoms with E-state index in [-0.39, 0.29) is 77.0 Å². The van der Waals surface area contributed by atoms with Crippen molar-refractivity contribution in [1.29, 1.82) is 0 Å². The van der Waals surface area contributed by atoms with Crippen molar-refractivity contribution in [2.45, 2.75) is 141 Å². The van der Waals surface area contributed by atoms with E-state index in [2.05, 4.69) is 19.6 Å². The van der Waals surface area contributed by atoms with E-state index in [1.165, 1.54) is 45.6 Å². The zero-order valence-corrected chi connectivity index (χ0v) is 41.1. The lowest BCUT2D eigenvalue weighted by atomic mass is 9.55. The number of amides is 1. The molecule has 1 fully saturated rings. The van der Waals surface area contributed by atoms with Crippen LogP contribution in [0.4, 0.5) is 4.79 Å². The van der Waals surface area contributed by atoms with E-state index in [1.54, 1.807) is 29.2 Å². The van der Waals surface area contributed by atoms with Gasteiger partial charge in [-0.2, -0.15) is 0 Å². The van der Waals surface area contributed by atoms with Crippen LogP contribution in [0, 0.1) is 17.8 Å². The number of allylic oxidation sites excluding steroid dienone is 1. The average molecular weight is 949 g/mol. The first-order valence-corrected chi connectivity index (χ1v) is 25.5. The van der Waals surface area contributed by atoms with Gasteiger partial charge in [0.2, 0.25) is 5.79 Å². The lowest BCUT2D eigenvalue weighted by Gasteiger charge is -2.59. The number of fused-ring (bicyclic) bond motifs is 2. The lowest BCUT2D eigenvalue weighted by Crippen LogP contribution is -2.70. The molecule has 3 N–H and O–H groups in total. The van der Waals surface area contributed by atoms with Crippen LogP contribution in [-0.4, -0.2) is 117 Å². The summed E-state index contributed by atoms with van der Waals surface area (Å²) in [5.74, 6) is -0.267. The number of unbranched alkanes of at least 4 members (excludes halogenated alkanes) is 11. The number of aliphatic hydroxyl groups is 3. The summed E-state index contributed by atoms with van der Waals surface area (Å²) in [6.45, 7) is 9.18. The molecule has 1 heterocycles. The van der Waals surface area contributed by atoms with Crippen LogP contribution in [0.2, 0.25) is 0 Å². The van der Waals surface area contributed by atoms with Gasteiger partial charge in [0.15, 0.2) is 6.29 Å². The second-order valence-corrected chi connectivity index (χ2v) is 18.1. The molecule has 0 bridgehead atoms. The van der Waals surface area contributed by atoms with Crippen LogP contribution in [0.25, 0.3) is 0 Å². The number of hydrogen-bond acceptors (Lipinski definition) is 13. The lowest BCUT2D eigenvalue weighted by molar-refractivity contribution is -0.256. The monoisotopic (exact) mass is 949 g/mol. The van der Waals surface area contributed by atoms with Crippen LogP contribution < -0.4 is 14.2 Å². The van der Waals surface area contributed by atoms with Crippen molar-refractivity contribution in [2.75, 3.05) is 66.5 Å². The predicted molar refractivity (Wildman–Crippen MR) is 263 cm³/mol. The molecule has 3 aliphatic rings. The molecule has 0 spiro atoms. The highest BCUT2D eigenvalue weighted by Crippen LogP contribution is 2.62. The van der Waals surface area contributed by atoms with E-state index in [1.807, 2.05) is 25.1 Å². The predicted octanol–water partition coefficient (Wildman–Crippen LogP) is 10.3. The van der Waals surface area contributed by atoms with Crippen molar-refractivity contribution in [2.24, 2.45) is 22.9 Å². The number of benzene rings is 2. The van der Waals surface area contributed by atoms with Gasteiger partial charge < -0.3 is 48.6 Å². The van der Waals surface area contributed by atoms with Crippen molar-refractivity contribution in [3.63, 3.8) is 0 Å². The second kappa shape index (κ2) is 29.5. The summed E-state index contributed by atoms with van der Waals surface area (Å²) in [4.78, 5) is 34.2. The Morgan fingerprint density at radius 1 is 0.868 bits per heavy atom. The number of ether oxygens (including phenoxy) is 6. The summed E-state index contributed by atoms with van der Waals surface area (Å²) >= 11 is 0. The third kappa shape index (κ3) is 14.5. The molecule has 378 valence electrons. The first kappa shape index (κ1) is 54.5. The molecule has 5 rings (SSSR count). The van der Waals surface area contributed by atoms with Gasteiger partial charge in [0.1, 0.15) is 35.6 Å². The molecule has 14 nitrogen and oxygen atoms in total. The van der Waals surface area contributed by atoms with Crippen molar-refractivity contribution >= 4 is 18.1 Å². The van der Waals surface area contributed by atoms with Gasteiger partial charge in [-0.25, -0.2) is 4.79 Å². The van der Waals surface area contributed by atoms with Crippen LogP contribution in [0.15, 0.2) is 65.9 Å². The smallest absolute Gasteiger partial charge is 0.410 e. The summed E-state index contributed by atoms with van der Waals surface area (Å²) < 4.78 is 38.2. The Kier molecular flexibility index (Phi) is 23.7. The normalized spacial score (nSPS) is 22.1. The molecule has 1 aliphatic heterocycles. The van der Waals surface area contributed by atoms with Gasteiger partial charge >= 0.3 is 6.09 Å². The fourth-order valence-electron chi connectivity index (χ4n) is 10.4.